The van der Waals surface area contributed by atoms with Crippen molar-refractivity contribution < 1.29 is 63.7 Å². The van der Waals surface area contributed by atoms with Gasteiger partial charge in [-0.05, 0) is 0 Å². The molecule has 1 rings (SSSR count). The van der Waals surface area contributed by atoms with Gasteiger partial charge in [0.1, 0.15) is 0 Å². The van der Waals surface area contributed by atoms with Crippen LogP contribution in [0, 0.1) is 19.2 Å². The van der Waals surface area contributed by atoms with Gasteiger partial charge in [0.25, 0.3) is 0 Å². The first-order valence-corrected chi connectivity index (χ1v) is 3.19. The number of rotatable bonds is 1. The summed E-state index contributed by atoms with van der Waals surface area (Å²) >= 11 is 5.51. The predicted octanol–water partition coefficient (Wildman–Crippen LogP) is 1.34. The first-order valence-electron chi connectivity index (χ1n) is 2.81. The van der Waals surface area contributed by atoms with Gasteiger partial charge in [0.2, 0.25) is 5.97 Å². The van der Waals surface area contributed by atoms with Gasteiger partial charge in [0.15, 0.2) is 0 Å². The Morgan fingerprint density at radius 2 is 2.15 bits per heavy atom. The average molecular weight is 442 g/mol. The molecule has 0 aliphatic rings. The van der Waals surface area contributed by atoms with Crippen molar-refractivity contribution >= 4 is 17.6 Å². The molecule has 0 fully saturated rings. The van der Waals surface area contributed by atoms with Crippen LogP contribution in [0.25, 0.3) is 0 Å². The van der Waals surface area contributed by atoms with Crippen LogP contribution in [0.3, 0.4) is 0 Å². The van der Waals surface area contributed by atoms with Crippen LogP contribution < -0.4 is 0 Å². The second-order valence-electron chi connectivity index (χ2n) is 1.94. The number of hydrogen-bond donors (Lipinski definition) is 1. The molecule has 0 spiro atoms. The van der Waals surface area contributed by atoms with Crippen LogP contribution in [0.2, 0.25) is 5.02 Å². The summed E-state index contributed by atoms with van der Waals surface area (Å²) in [5.41, 5.74) is 0.386. The third kappa shape index (κ3) is 4.64. The van der Waals surface area contributed by atoms with Gasteiger partial charge in [-0.15, -0.1) is 11.6 Å². The largest absolute Gasteiger partial charge is 0.514 e. The second-order valence-corrected chi connectivity index (χ2v) is 2.32. The molecule has 0 saturated carbocycles. The van der Waals surface area contributed by atoms with Crippen LogP contribution >= 0.6 is 11.6 Å². The molecule has 67 valence electrons. The van der Waals surface area contributed by atoms with E-state index < -0.39 is 5.97 Å². The minimum atomic E-state index is -1.16. The van der Waals surface area contributed by atoms with Gasteiger partial charge in [0.05, 0.1) is 0 Å². The third-order valence-electron chi connectivity index (χ3n) is 1.04. The monoisotopic (exact) mass is 442 g/mol. The van der Waals surface area contributed by atoms with Crippen molar-refractivity contribution in [3.63, 3.8) is 0 Å². The van der Waals surface area contributed by atoms with Gasteiger partial charge in [-0.1, -0.05) is 12.6 Å². The number of aromatic carboxylic acids is 1. The smallest absolute Gasteiger partial charge is 0.241 e. The van der Waals surface area contributed by atoms with E-state index >= 15 is 0 Å². The van der Waals surface area contributed by atoms with E-state index in [-0.39, 0.29) is 64.5 Å². The van der Waals surface area contributed by atoms with E-state index in [0.29, 0.717) is 5.56 Å². The third-order valence-corrected chi connectivity index (χ3v) is 1.32. The molecule has 0 aliphatic heterocycles. The Balaban J connectivity index is 0. The number of nitrogens with zero attached hydrogens (tertiary/aromatic N) is 1. The van der Waals surface area contributed by atoms with Gasteiger partial charge >= 0.3 is 0 Å². The predicted molar refractivity (Wildman–Crippen MR) is 38.6 cm³/mol. The van der Waals surface area contributed by atoms with E-state index in [4.69, 9.17) is 16.7 Å². The number of halogens is 1. The normalized spacial score (nSPS) is 8.15. The van der Waals surface area contributed by atoms with E-state index in [1.807, 2.05) is 0 Å². The molecule has 1 aromatic heterocycles. The molecular weight excluding hydrogens is 438 g/mol. The number of carboxylic acids is 1. The Labute approximate surface area is 120 Å². The number of carboxylic acid groups (broad SMARTS) is 1. The first kappa shape index (κ1) is 16.1. The molecule has 3 nitrogen and oxygen atoms in total. The maximum Gasteiger partial charge on any atom is 0.241 e. The molecule has 0 unspecified atom stereocenters. The van der Waals surface area contributed by atoms with Crippen molar-refractivity contribution in [1.82, 2.24) is 4.98 Å². The SMILES string of the molecule is Cc1[c-]nc(C(=O)O)c(Cl)[c-]1.[W].[Y]. The quantitative estimate of drug-likeness (QED) is 0.669. The molecule has 1 N–H and O–H groups in total. The number of hydrogen-bond acceptors (Lipinski definition) is 2. The maximum atomic E-state index is 10.3. The van der Waals surface area contributed by atoms with E-state index in [1.54, 1.807) is 6.92 Å². The summed E-state index contributed by atoms with van der Waals surface area (Å²) in [6.07, 6.45) is 2.45. The van der Waals surface area contributed by atoms with Crippen molar-refractivity contribution in [2.24, 2.45) is 0 Å². The number of pyridine rings is 1. The fourth-order valence-corrected chi connectivity index (χ4v) is 0.847. The zero-order valence-electron chi connectivity index (χ0n) is 6.67. The number of aryl methyl sites for hydroxylation is 1. The van der Waals surface area contributed by atoms with Crippen LogP contribution in [0.4, 0.5) is 0 Å². The molecule has 1 radical (unpaired) electrons. The van der Waals surface area contributed by atoms with Crippen LogP contribution in [0.5, 0.6) is 0 Å². The molecule has 6 heteroatoms. The molecule has 0 bridgehead atoms. The number of aromatic nitrogens is 1. The zero-order chi connectivity index (χ0) is 8.43. The van der Waals surface area contributed by atoms with Crippen LogP contribution in [0.15, 0.2) is 0 Å². The van der Waals surface area contributed by atoms with Crippen LogP contribution in [-0.2, 0) is 53.8 Å². The Morgan fingerprint density at radius 3 is 2.54 bits per heavy atom. The molecule has 0 saturated heterocycles. The summed E-state index contributed by atoms with van der Waals surface area (Å²) in [6.45, 7) is 1.69. The fourth-order valence-electron chi connectivity index (χ4n) is 0.582. The minimum Gasteiger partial charge on any atom is -0.514 e. The van der Waals surface area contributed by atoms with E-state index in [0.717, 1.165) is 0 Å². The van der Waals surface area contributed by atoms with Crippen molar-refractivity contribution in [1.29, 1.82) is 0 Å². The van der Waals surface area contributed by atoms with Crippen LogP contribution in [0.1, 0.15) is 16.1 Å². The summed E-state index contributed by atoms with van der Waals surface area (Å²) < 4.78 is 0. The van der Waals surface area contributed by atoms with Gasteiger partial charge in [-0.25, -0.2) is 0 Å². The van der Waals surface area contributed by atoms with E-state index in [1.165, 1.54) is 0 Å². The van der Waals surface area contributed by atoms with Crippen molar-refractivity contribution in [3.8, 4) is 0 Å². The molecular formula is C7H4ClNO2WY-2. The fraction of sp³-hybridized carbons (Fsp3) is 0.143. The molecule has 0 aromatic carbocycles. The molecule has 0 atom stereocenters. The van der Waals surface area contributed by atoms with Gasteiger partial charge in [-0.2, -0.15) is 5.02 Å². The Hall–Kier alpha value is 0.702. The first-order chi connectivity index (χ1) is 5.11. The summed E-state index contributed by atoms with van der Waals surface area (Å²) in [5, 5.41) is 8.49. The average Bonchev–Trinajstić information content (AvgIpc) is 1.85. The second kappa shape index (κ2) is 7.05. The van der Waals surface area contributed by atoms with E-state index in [2.05, 4.69) is 17.2 Å². The summed E-state index contributed by atoms with van der Waals surface area (Å²) in [5.74, 6) is -1.16. The van der Waals surface area contributed by atoms with Crippen molar-refractivity contribution in [2.75, 3.05) is 0 Å². The number of carbonyl (C=O) groups is 1. The molecule has 0 amide bonds. The minimum absolute atomic E-state index is 0. The topological polar surface area (TPSA) is 50.2 Å². The maximum absolute atomic E-state index is 10.3. The van der Waals surface area contributed by atoms with Gasteiger partial charge in [-0.3, -0.25) is 16.6 Å². The molecule has 1 heterocycles. The summed E-state index contributed by atoms with van der Waals surface area (Å²) in [6, 6.07) is 2.59. The summed E-state index contributed by atoms with van der Waals surface area (Å²) in [7, 11) is 0. The zero-order valence-corrected chi connectivity index (χ0v) is 13.2. The summed E-state index contributed by atoms with van der Waals surface area (Å²) in [4.78, 5) is 13.8. The van der Waals surface area contributed by atoms with Crippen molar-refractivity contribution in [2.45, 2.75) is 6.92 Å². The van der Waals surface area contributed by atoms with Crippen molar-refractivity contribution in [3.05, 3.63) is 28.5 Å². The van der Waals surface area contributed by atoms with Gasteiger partial charge < -0.3 is 16.2 Å². The Bertz CT molecular complexity index is 309. The Kier molecular flexibility index (Phi) is 8.76. The molecule has 13 heavy (non-hydrogen) atoms. The molecule has 1 aromatic rings. The molecule has 0 aliphatic carbocycles. The standard InChI is InChI=1S/C7H4ClNO2.W.Y/c1-4-2-5(8)6(7(10)11)9-3-4;;/h1H3,(H,10,11);;/q-2;;. The Morgan fingerprint density at radius 1 is 1.62 bits per heavy atom. The van der Waals surface area contributed by atoms with Crippen LogP contribution in [-0.4, -0.2) is 16.1 Å². The van der Waals surface area contributed by atoms with Gasteiger partial charge in [0, 0.05) is 53.8 Å². The van der Waals surface area contributed by atoms with E-state index in [9.17, 15) is 4.79 Å².